The Bertz CT molecular complexity index is 1750. The fraction of sp³-hybridized carbons (Fsp3) is 0.0625. The van der Waals surface area contributed by atoms with Crippen molar-refractivity contribution in [2.75, 3.05) is 12.4 Å². The zero-order valence-corrected chi connectivity index (χ0v) is 21.2. The highest BCUT2D eigenvalue weighted by Crippen LogP contribution is 2.31. The number of ether oxygens (including phenoxy) is 2. The Morgan fingerprint density at radius 1 is 0.875 bits per heavy atom. The van der Waals surface area contributed by atoms with Gasteiger partial charge in [0.25, 0.3) is 5.91 Å². The van der Waals surface area contributed by atoms with E-state index in [9.17, 15) is 24.0 Å². The van der Waals surface area contributed by atoms with Gasteiger partial charge in [-0.2, -0.15) is 5.26 Å². The lowest BCUT2D eigenvalue weighted by Gasteiger charge is -2.18. The average Bonchev–Trinajstić information content (AvgIpc) is 2.98. The second kappa shape index (κ2) is 11.1. The number of nitrogens with one attached hydrogen (secondary N) is 1. The number of carbonyl (C=O) groups excluding carboxylic acids is 3. The third-order valence-electron chi connectivity index (χ3n) is 6.39. The van der Waals surface area contributed by atoms with E-state index >= 15 is 0 Å². The van der Waals surface area contributed by atoms with Crippen LogP contribution in [-0.2, 0) is 11.4 Å². The molecule has 1 aliphatic rings. The molecule has 0 bridgehead atoms. The lowest BCUT2D eigenvalue weighted by atomic mass is 9.84. The first-order valence-corrected chi connectivity index (χ1v) is 12.2. The molecular formula is C32H21FN2O5. The van der Waals surface area contributed by atoms with Crippen LogP contribution in [0.5, 0.6) is 11.5 Å². The zero-order chi connectivity index (χ0) is 28.2. The molecule has 196 valence electrons. The summed E-state index contributed by atoms with van der Waals surface area (Å²) in [5.41, 5.74) is 2.01. The number of benzene rings is 4. The number of anilines is 1. The van der Waals surface area contributed by atoms with Gasteiger partial charge in [-0.05, 0) is 48.0 Å². The van der Waals surface area contributed by atoms with Crippen molar-refractivity contribution < 1.29 is 28.2 Å². The second-order valence-electron chi connectivity index (χ2n) is 8.88. The molecule has 7 nitrogen and oxygen atoms in total. The van der Waals surface area contributed by atoms with E-state index < -0.39 is 5.91 Å². The molecule has 1 N–H and O–H groups in total. The number of ketones is 2. The molecule has 0 atom stereocenters. The van der Waals surface area contributed by atoms with Gasteiger partial charge < -0.3 is 14.8 Å². The number of methoxy groups -OCH3 is 1. The number of carbonyl (C=O) groups is 3. The maximum atomic E-state index is 13.9. The topological polar surface area (TPSA) is 105 Å². The maximum Gasteiger partial charge on any atom is 0.266 e. The quantitative estimate of drug-likeness (QED) is 0.212. The van der Waals surface area contributed by atoms with E-state index in [-0.39, 0.29) is 46.4 Å². The number of fused-ring (bicyclic) bond motifs is 2. The molecule has 0 heterocycles. The van der Waals surface area contributed by atoms with E-state index in [0.29, 0.717) is 33.8 Å². The van der Waals surface area contributed by atoms with Gasteiger partial charge in [-0.1, -0.05) is 48.5 Å². The second-order valence-corrected chi connectivity index (χ2v) is 8.88. The highest BCUT2D eigenvalue weighted by atomic mass is 19.1. The first-order valence-electron chi connectivity index (χ1n) is 12.2. The van der Waals surface area contributed by atoms with E-state index in [1.807, 2.05) is 6.07 Å². The summed E-state index contributed by atoms with van der Waals surface area (Å²) in [6, 6.07) is 24.0. The van der Waals surface area contributed by atoms with Crippen molar-refractivity contribution in [1.29, 1.82) is 5.26 Å². The van der Waals surface area contributed by atoms with Gasteiger partial charge in [0.1, 0.15) is 24.1 Å². The lowest BCUT2D eigenvalue weighted by molar-refractivity contribution is -0.112. The van der Waals surface area contributed by atoms with E-state index in [1.165, 1.54) is 37.5 Å². The number of amides is 1. The average molecular weight is 533 g/mol. The molecule has 0 spiro atoms. The van der Waals surface area contributed by atoms with E-state index in [4.69, 9.17) is 9.47 Å². The van der Waals surface area contributed by atoms with Gasteiger partial charge >= 0.3 is 0 Å². The number of hydrogen-bond acceptors (Lipinski definition) is 6. The maximum absolute atomic E-state index is 13.9. The van der Waals surface area contributed by atoms with Crippen LogP contribution in [0.3, 0.4) is 0 Å². The summed E-state index contributed by atoms with van der Waals surface area (Å²) in [5.74, 6) is -0.971. The van der Waals surface area contributed by atoms with Gasteiger partial charge in [0.2, 0.25) is 0 Å². The first-order chi connectivity index (χ1) is 19.4. The minimum absolute atomic E-state index is 0.00939. The minimum atomic E-state index is -0.698. The summed E-state index contributed by atoms with van der Waals surface area (Å²) in [6.07, 6.45) is 1.38. The van der Waals surface area contributed by atoms with Crippen LogP contribution in [0.4, 0.5) is 10.1 Å². The predicted molar refractivity (Wildman–Crippen MR) is 146 cm³/mol. The van der Waals surface area contributed by atoms with Gasteiger partial charge in [0, 0.05) is 33.5 Å². The molecule has 40 heavy (non-hydrogen) atoms. The molecule has 0 unspecified atom stereocenters. The van der Waals surface area contributed by atoms with E-state index in [1.54, 1.807) is 60.7 Å². The van der Waals surface area contributed by atoms with E-state index in [2.05, 4.69) is 5.32 Å². The molecule has 1 aliphatic carbocycles. The highest BCUT2D eigenvalue weighted by molar-refractivity contribution is 6.28. The molecule has 4 aromatic rings. The molecule has 0 saturated heterocycles. The van der Waals surface area contributed by atoms with Gasteiger partial charge in [-0.25, -0.2) is 4.39 Å². The predicted octanol–water partition coefficient (Wildman–Crippen LogP) is 5.73. The number of hydrogen-bond donors (Lipinski definition) is 1. The molecule has 0 aliphatic heterocycles. The van der Waals surface area contributed by atoms with E-state index in [0.717, 1.165) is 0 Å². The Balaban J connectivity index is 1.34. The molecular weight excluding hydrogens is 511 g/mol. The van der Waals surface area contributed by atoms with Crippen molar-refractivity contribution in [3.05, 3.63) is 130 Å². The highest BCUT2D eigenvalue weighted by Gasteiger charge is 2.29. The smallest absolute Gasteiger partial charge is 0.266 e. The summed E-state index contributed by atoms with van der Waals surface area (Å²) in [6.45, 7) is -0.00939. The Labute approximate surface area is 229 Å². The largest absolute Gasteiger partial charge is 0.493 e. The normalized spacial score (nSPS) is 12.2. The SMILES string of the molecule is COc1cc(/C=C(\C#N)C(=O)Nc2ccc3c(c2)C(=O)c2ccccc2C3=O)ccc1OCc1ccccc1F. The standard InChI is InChI=1S/C32H21FN2O5/c1-39-29-15-19(10-13-28(29)40-18-20-6-2-5-9-27(20)33)14-21(17-34)32(38)35-22-11-12-25-26(16-22)31(37)24-8-4-3-7-23(24)30(25)36/h2-16H,18H2,1H3,(H,35,38)/b21-14+. The number of nitriles is 1. The Hall–Kier alpha value is -5.55. The van der Waals surface area contributed by atoms with Crippen molar-refractivity contribution >= 4 is 29.2 Å². The Morgan fingerprint density at radius 3 is 2.25 bits per heavy atom. The van der Waals surface area contributed by atoms with Crippen molar-refractivity contribution in [2.24, 2.45) is 0 Å². The van der Waals surface area contributed by atoms with Crippen molar-refractivity contribution in [3.8, 4) is 17.6 Å². The summed E-state index contributed by atoms with van der Waals surface area (Å²) in [4.78, 5) is 38.7. The van der Waals surface area contributed by atoms with Gasteiger partial charge in [0.15, 0.2) is 23.1 Å². The molecule has 1 amide bonds. The van der Waals surface area contributed by atoms with Crippen LogP contribution in [0.2, 0.25) is 0 Å². The van der Waals surface area contributed by atoms with Gasteiger partial charge in [-0.15, -0.1) is 0 Å². The first kappa shape index (κ1) is 26.1. The molecule has 4 aromatic carbocycles. The fourth-order valence-corrected chi connectivity index (χ4v) is 4.36. The van der Waals surface area contributed by atoms with Crippen molar-refractivity contribution in [1.82, 2.24) is 0 Å². The van der Waals surface area contributed by atoms with Crippen LogP contribution < -0.4 is 14.8 Å². The number of nitrogens with zero attached hydrogens (tertiary/aromatic N) is 1. The Morgan fingerprint density at radius 2 is 1.55 bits per heavy atom. The Kier molecular flexibility index (Phi) is 7.20. The number of rotatable bonds is 7. The van der Waals surface area contributed by atoms with Gasteiger partial charge in [-0.3, -0.25) is 14.4 Å². The summed E-state index contributed by atoms with van der Waals surface area (Å²) >= 11 is 0. The fourth-order valence-electron chi connectivity index (χ4n) is 4.36. The number of halogens is 1. The molecule has 8 heteroatoms. The van der Waals surface area contributed by atoms with Crippen LogP contribution in [-0.4, -0.2) is 24.6 Å². The van der Waals surface area contributed by atoms with Crippen LogP contribution in [0.15, 0.2) is 90.5 Å². The third-order valence-corrected chi connectivity index (χ3v) is 6.39. The molecule has 0 radical (unpaired) electrons. The molecule has 5 rings (SSSR count). The van der Waals surface area contributed by atoms with Crippen LogP contribution in [0.1, 0.15) is 43.0 Å². The van der Waals surface area contributed by atoms with Crippen LogP contribution in [0, 0.1) is 17.1 Å². The summed E-state index contributed by atoms with van der Waals surface area (Å²) < 4.78 is 25.0. The lowest BCUT2D eigenvalue weighted by Crippen LogP contribution is -2.21. The van der Waals surface area contributed by atoms with Crippen molar-refractivity contribution in [3.63, 3.8) is 0 Å². The zero-order valence-electron chi connectivity index (χ0n) is 21.2. The molecule has 0 aromatic heterocycles. The monoisotopic (exact) mass is 532 g/mol. The summed E-state index contributed by atoms with van der Waals surface area (Å²) in [7, 11) is 1.44. The van der Waals surface area contributed by atoms with Crippen molar-refractivity contribution in [2.45, 2.75) is 6.61 Å². The molecule has 0 fully saturated rings. The third kappa shape index (κ3) is 5.08. The van der Waals surface area contributed by atoms with Gasteiger partial charge in [0.05, 0.1) is 7.11 Å². The summed E-state index contributed by atoms with van der Waals surface area (Å²) in [5, 5.41) is 12.3. The minimum Gasteiger partial charge on any atom is -0.493 e. The molecule has 0 saturated carbocycles. The van der Waals surface area contributed by atoms with Crippen LogP contribution in [0.25, 0.3) is 6.08 Å². The van der Waals surface area contributed by atoms with Crippen LogP contribution >= 0.6 is 0 Å².